The summed E-state index contributed by atoms with van der Waals surface area (Å²) in [5, 5.41) is 6.15. The molecule has 1 aromatic heterocycles. The van der Waals surface area contributed by atoms with Gasteiger partial charge in [-0.2, -0.15) is 0 Å². The van der Waals surface area contributed by atoms with Crippen molar-refractivity contribution in [3.63, 3.8) is 0 Å². The summed E-state index contributed by atoms with van der Waals surface area (Å²) in [5.74, 6) is -0.745. The van der Waals surface area contributed by atoms with Gasteiger partial charge in [0.05, 0.1) is 43.6 Å². The maximum Gasteiger partial charge on any atom is 0.266 e. The van der Waals surface area contributed by atoms with Gasteiger partial charge in [0, 0.05) is 17.7 Å². The zero-order chi connectivity index (χ0) is 22.1. The van der Waals surface area contributed by atoms with Gasteiger partial charge in [-0.25, -0.2) is 23.1 Å². The minimum Gasteiger partial charge on any atom is -0.378 e. The molecule has 166 valence electrons. The second-order valence-corrected chi connectivity index (χ2v) is 7.80. The van der Waals surface area contributed by atoms with E-state index in [0.29, 0.717) is 36.8 Å². The van der Waals surface area contributed by atoms with Crippen LogP contribution in [0.3, 0.4) is 0 Å². The van der Waals surface area contributed by atoms with Crippen molar-refractivity contribution in [3.8, 4) is 0 Å². The van der Waals surface area contributed by atoms with Crippen LogP contribution in [0.5, 0.6) is 0 Å². The van der Waals surface area contributed by atoms with Gasteiger partial charge in [0.1, 0.15) is 17.7 Å². The van der Waals surface area contributed by atoms with Crippen LogP contribution in [0.1, 0.15) is 41.8 Å². The number of nitrogens with one attached hydrogen (secondary N) is 2. The number of morpholine rings is 1. The summed E-state index contributed by atoms with van der Waals surface area (Å²) in [6, 6.07) is 2.77. The number of rotatable bonds is 5. The second-order valence-electron chi connectivity index (χ2n) is 7.46. The molecule has 2 aliphatic rings. The fourth-order valence-corrected chi connectivity index (χ4v) is 3.99. The standard InChI is InChI=1S/C20H21ClF3N5O2/c1-10(11-3-2-4-12(16(11)22)17(23)24)26-18-13-7-29(8-14(13)27-20(21)28-18)19(30)15-9-31-6-5-25-15/h2-4,10,15,17,25H,5-9H2,1H3,(H,26,27,28)/t10-,15+/m1/s1. The Morgan fingerprint density at radius 1 is 1.32 bits per heavy atom. The second kappa shape index (κ2) is 8.97. The first-order chi connectivity index (χ1) is 14.8. The molecule has 2 aromatic rings. The monoisotopic (exact) mass is 455 g/mol. The molecule has 1 aromatic carbocycles. The van der Waals surface area contributed by atoms with Crippen molar-refractivity contribution < 1.29 is 22.7 Å². The summed E-state index contributed by atoms with van der Waals surface area (Å²) in [6.45, 7) is 3.58. The molecule has 1 saturated heterocycles. The Kier molecular flexibility index (Phi) is 6.31. The predicted octanol–water partition coefficient (Wildman–Crippen LogP) is 3.21. The molecule has 1 amide bonds. The van der Waals surface area contributed by atoms with E-state index in [0.717, 1.165) is 6.07 Å². The van der Waals surface area contributed by atoms with Crippen LogP contribution >= 0.6 is 11.6 Å². The third-order valence-corrected chi connectivity index (χ3v) is 5.57. The lowest BCUT2D eigenvalue weighted by atomic mass is 10.0. The van der Waals surface area contributed by atoms with Crippen molar-refractivity contribution in [2.45, 2.75) is 38.5 Å². The van der Waals surface area contributed by atoms with E-state index in [-0.39, 0.29) is 29.8 Å². The maximum absolute atomic E-state index is 14.6. The molecule has 0 radical (unpaired) electrons. The first-order valence-electron chi connectivity index (χ1n) is 9.83. The smallest absolute Gasteiger partial charge is 0.266 e. The Balaban J connectivity index is 1.56. The number of carbonyl (C=O) groups excluding carboxylic acids is 1. The van der Waals surface area contributed by atoms with Crippen LogP contribution in [0.15, 0.2) is 18.2 Å². The molecule has 0 saturated carbocycles. The number of aromatic nitrogens is 2. The van der Waals surface area contributed by atoms with Gasteiger partial charge in [-0.1, -0.05) is 18.2 Å². The van der Waals surface area contributed by atoms with Gasteiger partial charge in [-0.05, 0) is 18.5 Å². The Morgan fingerprint density at radius 3 is 2.81 bits per heavy atom. The molecule has 0 spiro atoms. The van der Waals surface area contributed by atoms with E-state index >= 15 is 0 Å². The summed E-state index contributed by atoms with van der Waals surface area (Å²) >= 11 is 6.06. The van der Waals surface area contributed by atoms with E-state index in [9.17, 15) is 18.0 Å². The van der Waals surface area contributed by atoms with E-state index in [2.05, 4.69) is 20.6 Å². The molecule has 0 unspecified atom stereocenters. The van der Waals surface area contributed by atoms with Gasteiger partial charge in [0.25, 0.3) is 6.43 Å². The summed E-state index contributed by atoms with van der Waals surface area (Å²) < 4.78 is 46.0. The first kappa shape index (κ1) is 21.8. The van der Waals surface area contributed by atoms with Crippen LogP contribution in [0, 0.1) is 5.82 Å². The minimum absolute atomic E-state index is 0.0244. The highest BCUT2D eigenvalue weighted by Crippen LogP contribution is 2.33. The molecule has 2 N–H and O–H groups in total. The Bertz CT molecular complexity index is 988. The van der Waals surface area contributed by atoms with E-state index in [1.165, 1.54) is 12.1 Å². The van der Waals surface area contributed by atoms with Crippen molar-refractivity contribution in [3.05, 3.63) is 51.7 Å². The zero-order valence-corrected chi connectivity index (χ0v) is 17.4. The van der Waals surface area contributed by atoms with Gasteiger partial charge in [-0.3, -0.25) is 4.79 Å². The third-order valence-electron chi connectivity index (χ3n) is 5.40. The number of alkyl halides is 2. The normalized spacial score (nSPS) is 19.4. The molecule has 2 aliphatic heterocycles. The minimum atomic E-state index is -2.91. The molecule has 2 atom stereocenters. The molecule has 7 nitrogen and oxygen atoms in total. The van der Waals surface area contributed by atoms with Gasteiger partial charge in [0.2, 0.25) is 11.2 Å². The fourth-order valence-electron chi connectivity index (χ4n) is 3.80. The Hall–Kier alpha value is -2.43. The van der Waals surface area contributed by atoms with Crippen molar-refractivity contribution >= 4 is 23.3 Å². The van der Waals surface area contributed by atoms with Crippen LogP contribution in [0.2, 0.25) is 5.28 Å². The number of hydrogen-bond acceptors (Lipinski definition) is 6. The first-order valence-corrected chi connectivity index (χ1v) is 10.2. The fraction of sp³-hybridized carbons (Fsp3) is 0.450. The van der Waals surface area contributed by atoms with Crippen LogP contribution < -0.4 is 10.6 Å². The summed E-state index contributed by atoms with van der Waals surface area (Å²) in [4.78, 5) is 22.9. The average Bonchev–Trinajstić information content (AvgIpc) is 3.17. The van der Waals surface area contributed by atoms with Crippen LogP contribution in [0.25, 0.3) is 0 Å². The van der Waals surface area contributed by atoms with Crippen LogP contribution in [0.4, 0.5) is 19.0 Å². The van der Waals surface area contributed by atoms with Crippen molar-refractivity contribution in [2.75, 3.05) is 25.1 Å². The van der Waals surface area contributed by atoms with E-state index in [1.54, 1.807) is 11.8 Å². The third kappa shape index (κ3) is 4.46. The molecular formula is C20H21ClF3N5O2. The summed E-state index contributed by atoms with van der Waals surface area (Å²) in [6.07, 6.45) is -2.91. The highest BCUT2D eigenvalue weighted by atomic mass is 35.5. The number of anilines is 1. The number of nitrogens with zero attached hydrogens (tertiary/aromatic N) is 3. The van der Waals surface area contributed by atoms with E-state index < -0.39 is 29.9 Å². The number of amides is 1. The topological polar surface area (TPSA) is 79.4 Å². The molecule has 31 heavy (non-hydrogen) atoms. The van der Waals surface area contributed by atoms with Gasteiger partial charge in [0.15, 0.2) is 0 Å². The number of hydrogen-bond donors (Lipinski definition) is 2. The molecule has 11 heteroatoms. The number of carbonyl (C=O) groups is 1. The predicted molar refractivity (Wildman–Crippen MR) is 107 cm³/mol. The van der Waals surface area contributed by atoms with Crippen LogP contribution in [-0.4, -0.2) is 46.6 Å². The lowest BCUT2D eigenvalue weighted by Crippen LogP contribution is -2.51. The average molecular weight is 456 g/mol. The summed E-state index contributed by atoms with van der Waals surface area (Å²) in [7, 11) is 0. The van der Waals surface area contributed by atoms with E-state index in [4.69, 9.17) is 16.3 Å². The van der Waals surface area contributed by atoms with Crippen LogP contribution in [-0.2, 0) is 22.6 Å². The Labute approximate surface area is 182 Å². The lowest BCUT2D eigenvalue weighted by molar-refractivity contribution is -0.137. The Morgan fingerprint density at radius 2 is 2.10 bits per heavy atom. The van der Waals surface area contributed by atoms with Gasteiger partial charge >= 0.3 is 0 Å². The van der Waals surface area contributed by atoms with Crippen molar-refractivity contribution in [2.24, 2.45) is 0 Å². The quantitative estimate of drug-likeness (QED) is 0.674. The molecule has 0 bridgehead atoms. The number of ether oxygens (including phenoxy) is 1. The molecular weight excluding hydrogens is 435 g/mol. The maximum atomic E-state index is 14.6. The van der Waals surface area contributed by atoms with Crippen molar-refractivity contribution in [1.29, 1.82) is 0 Å². The number of fused-ring (bicyclic) bond motifs is 1. The van der Waals surface area contributed by atoms with Crippen molar-refractivity contribution in [1.82, 2.24) is 20.2 Å². The highest BCUT2D eigenvalue weighted by molar-refractivity contribution is 6.28. The zero-order valence-electron chi connectivity index (χ0n) is 16.7. The largest absolute Gasteiger partial charge is 0.378 e. The molecule has 3 heterocycles. The van der Waals surface area contributed by atoms with E-state index in [1.807, 2.05) is 0 Å². The lowest BCUT2D eigenvalue weighted by Gasteiger charge is -2.27. The molecule has 1 fully saturated rings. The summed E-state index contributed by atoms with van der Waals surface area (Å²) in [5.41, 5.74) is 0.667. The molecule has 0 aliphatic carbocycles. The highest BCUT2D eigenvalue weighted by Gasteiger charge is 2.33. The van der Waals surface area contributed by atoms with Gasteiger partial charge in [-0.15, -0.1) is 0 Å². The number of halogens is 4. The van der Waals surface area contributed by atoms with Gasteiger partial charge < -0.3 is 20.3 Å². The molecule has 4 rings (SSSR count). The number of benzene rings is 1. The SMILES string of the molecule is C[C@@H](Nc1nc(Cl)nc2c1CN(C(=O)[C@@H]1COCCN1)C2)c1cccc(C(F)F)c1F.